The molecule has 0 heterocycles. The van der Waals surface area contributed by atoms with Crippen LogP contribution in [0, 0.1) is 10.1 Å². The number of alkyl halides is 3. The maximum Gasteiger partial charge on any atom is 0.392 e. The lowest BCUT2D eigenvalue weighted by Crippen LogP contribution is -2.13. The Labute approximate surface area is 107 Å². The molecule has 0 radical (unpaired) electrons. The topological polar surface area (TPSA) is 64.4 Å². The summed E-state index contributed by atoms with van der Waals surface area (Å²) in [6.07, 6.45) is -5.42. The molecule has 0 fully saturated rings. The van der Waals surface area contributed by atoms with E-state index in [2.05, 4.69) is 5.32 Å². The van der Waals surface area contributed by atoms with Gasteiger partial charge in [0.2, 0.25) is 0 Å². The van der Waals surface area contributed by atoms with Gasteiger partial charge in [-0.3, -0.25) is 10.1 Å². The third-order valence-corrected chi connectivity index (χ3v) is 2.14. The van der Waals surface area contributed by atoms with Crippen LogP contribution < -0.4 is 10.1 Å². The monoisotopic (exact) mass is 278 g/mol. The van der Waals surface area contributed by atoms with E-state index in [-0.39, 0.29) is 11.4 Å². The van der Waals surface area contributed by atoms with Gasteiger partial charge < -0.3 is 10.1 Å². The number of benzene rings is 1. The van der Waals surface area contributed by atoms with Gasteiger partial charge in [0, 0.05) is 24.4 Å². The number of anilines is 1. The molecule has 0 atom stereocenters. The fourth-order valence-electron chi connectivity index (χ4n) is 1.36. The number of hydrogen-bond acceptors (Lipinski definition) is 4. The van der Waals surface area contributed by atoms with Gasteiger partial charge in [-0.25, -0.2) is 0 Å². The first-order valence-electron chi connectivity index (χ1n) is 5.54. The third kappa shape index (κ3) is 5.45. The van der Waals surface area contributed by atoms with Gasteiger partial charge in [0.15, 0.2) is 0 Å². The molecule has 1 rings (SSSR count). The zero-order valence-electron chi connectivity index (χ0n) is 10.2. The van der Waals surface area contributed by atoms with Crippen molar-refractivity contribution in [2.75, 3.05) is 18.5 Å². The van der Waals surface area contributed by atoms with Gasteiger partial charge in [-0.05, 0) is 6.92 Å². The number of hydrogen-bond donors (Lipinski definition) is 1. The second-order valence-electron chi connectivity index (χ2n) is 3.72. The number of halogens is 3. The molecule has 0 aliphatic heterocycles. The van der Waals surface area contributed by atoms with Crippen molar-refractivity contribution >= 4 is 11.4 Å². The maximum absolute atomic E-state index is 12.0. The fourth-order valence-corrected chi connectivity index (χ4v) is 1.36. The van der Waals surface area contributed by atoms with Crippen molar-refractivity contribution in [1.82, 2.24) is 0 Å². The molecular formula is C11H13F3N2O3. The minimum atomic E-state index is -4.31. The number of nitrogens with one attached hydrogen (secondary N) is 1. The highest BCUT2D eigenvalue weighted by molar-refractivity contribution is 5.56. The molecule has 1 N–H and O–H groups in total. The second kappa shape index (κ2) is 6.26. The molecule has 0 saturated heterocycles. The Morgan fingerprint density at radius 1 is 1.37 bits per heavy atom. The lowest BCUT2D eigenvalue weighted by molar-refractivity contribution is -0.384. The Morgan fingerprint density at radius 3 is 2.58 bits per heavy atom. The summed E-state index contributed by atoms with van der Waals surface area (Å²) in [7, 11) is 0. The number of rotatable bonds is 6. The minimum absolute atomic E-state index is 0.0365. The summed E-state index contributed by atoms with van der Waals surface area (Å²) in [5.41, 5.74) is 0.194. The third-order valence-electron chi connectivity index (χ3n) is 2.14. The maximum atomic E-state index is 12.0. The Kier molecular flexibility index (Phi) is 4.96. The van der Waals surface area contributed by atoms with E-state index in [9.17, 15) is 23.3 Å². The van der Waals surface area contributed by atoms with E-state index < -0.39 is 24.1 Å². The van der Waals surface area contributed by atoms with E-state index in [1.165, 1.54) is 12.1 Å². The Bertz CT molecular complexity index is 449. The normalized spacial score (nSPS) is 11.2. The Balaban J connectivity index is 2.78. The van der Waals surface area contributed by atoms with Gasteiger partial charge >= 0.3 is 6.18 Å². The van der Waals surface area contributed by atoms with E-state index in [0.29, 0.717) is 12.2 Å². The van der Waals surface area contributed by atoms with Crippen LogP contribution in [0.3, 0.4) is 0 Å². The molecule has 0 aromatic heterocycles. The first-order chi connectivity index (χ1) is 8.81. The molecule has 1 aromatic rings. The molecule has 0 bridgehead atoms. The quantitative estimate of drug-likeness (QED) is 0.640. The molecule has 0 aliphatic rings. The van der Waals surface area contributed by atoms with Gasteiger partial charge in [-0.15, -0.1) is 0 Å². The van der Waals surface area contributed by atoms with Crippen LogP contribution in [0.25, 0.3) is 0 Å². The highest BCUT2D eigenvalue weighted by atomic mass is 19.4. The molecule has 0 amide bonds. The standard InChI is InChI=1S/C11H13F3N2O3/c1-2-15-8-5-9(16(17)18)7-10(6-8)19-4-3-11(12,13)14/h5-7,15H,2-4H2,1H3. The zero-order chi connectivity index (χ0) is 14.5. The summed E-state index contributed by atoms with van der Waals surface area (Å²) in [5.74, 6) is 0.0365. The van der Waals surface area contributed by atoms with Crippen LogP contribution in [0.2, 0.25) is 0 Å². The van der Waals surface area contributed by atoms with Crippen molar-refractivity contribution < 1.29 is 22.8 Å². The van der Waals surface area contributed by atoms with E-state index in [1.807, 2.05) is 0 Å². The number of ether oxygens (including phenoxy) is 1. The van der Waals surface area contributed by atoms with Crippen LogP contribution in [0.5, 0.6) is 5.75 Å². The van der Waals surface area contributed by atoms with Crippen molar-refractivity contribution in [3.8, 4) is 5.75 Å². The van der Waals surface area contributed by atoms with Crippen LogP contribution in [0.15, 0.2) is 18.2 Å². The second-order valence-corrected chi connectivity index (χ2v) is 3.72. The first kappa shape index (κ1) is 15.1. The van der Waals surface area contributed by atoms with Crippen molar-refractivity contribution in [1.29, 1.82) is 0 Å². The molecule has 106 valence electrons. The van der Waals surface area contributed by atoms with E-state index in [4.69, 9.17) is 4.74 Å². The van der Waals surface area contributed by atoms with Crippen LogP contribution in [0.4, 0.5) is 24.5 Å². The van der Waals surface area contributed by atoms with E-state index in [0.717, 1.165) is 6.07 Å². The summed E-state index contributed by atoms with van der Waals surface area (Å²) in [6.45, 7) is 1.75. The zero-order valence-corrected chi connectivity index (χ0v) is 10.2. The fraction of sp³-hybridized carbons (Fsp3) is 0.455. The van der Waals surface area contributed by atoms with Gasteiger partial charge in [0.1, 0.15) is 5.75 Å². The van der Waals surface area contributed by atoms with Gasteiger partial charge in [0.25, 0.3) is 5.69 Å². The predicted octanol–water partition coefficient (Wildman–Crippen LogP) is 3.36. The predicted molar refractivity (Wildman–Crippen MR) is 63.4 cm³/mol. The van der Waals surface area contributed by atoms with Gasteiger partial charge in [-0.2, -0.15) is 13.2 Å². The molecule has 8 heteroatoms. The SMILES string of the molecule is CCNc1cc(OCCC(F)(F)F)cc([N+](=O)[O-])c1. The Morgan fingerprint density at radius 2 is 2.05 bits per heavy atom. The van der Waals surface area contributed by atoms with Crippen molar-refractivity contribution in [3.63, 3.8) is 0 Å². The van der Waals surface area contributed by atoms with Crippen molar-refractivity contribution in [3.05, 3.63) is 28.3 Å². The van der Waals surface area contributed by atoms with Crippen LogP contribution in [-0.4, -0.2) is 24.3 Å². The molecule has 5 nitrogen and oxygen atoms in total. The lowest BCUT2D eigenvalue weighted by Gasteiger charge is -2.10. The summed E-state index contributed by atoms with van der Waals surface area (Å²) >= 11 is 0. The smallest absolute Gasteiger partial charge is 0.392 e. The summed E-state index contributed by atoms with van der Waals surface area (Å²) in [5, 5.41) is 13.5. The number of nitro groups is 1. The lowest BCUT2D eigenvalue weighted by atomic mass is 10.2. The molecule has 0 spiro atoms. The molecule has 1 aromatic carbocycles. The molecule has 0 aliphatic carbocycles. The van der Waals surface area contributed by atoms with E-state index >= 15 is 0 Å². The average Bonchev–Trinajstić information content (AvgIpc) is 2.27. The molecule has 0 unspecified atom stereocenters. The summed E-state index contributed by atoms with van der Waals surface area (Å²) in [4.78, 5) is 10.1. The largest absolute Gasteiger partial charge is 0.493 e. The number of nitro benzene ring substituents is 1. The van der Waals surface area contributed by atoms with Crippen molar-refractivity contribution in [2.24, 2.45) is 0 Å². The van der Waals surface area contributed by atoms with Gasteiger partial charge in [-0.1, -0.05) is 0 Å². The molecule has 0 saturated carbocycles. The van der Waals surface area contributed by atoms with E-state index in [1.54, 1.807) is 6.92 Å². The molecular weight excluding hydrogens is 265 g/mol. The summed E-state index contributed by atoms with van der Waals surface area (Å²) in [6, 6.07) is 3.81. The highest BCUT2D eigenvalue weighted by Crippen LogP contribution is 2.27. The molecule has 19 heavy (non-hydrogen) atoms. The average molecular weight is 278 g/mol. The van der Waals surface area contributed by atoms with Crippen molar-refractivity contribution in [2.45, 2.75) is 19.5 Å². The number of non-ortho nitro benzene ring substituents is 1. The Hall–Kier alpha value is -1.99. The van der Waals surface area contributed by atoms with Crippen LogP contribution >= 0.6 is 0 Å². The number of nitrogens with zero attached hydrogens (tertiary/aromatic N) is 1. The minimum Gasteiger partial charge on any atom is -0.493 e. The first-order valence-corrected chi connectivity index (χ1v) is 5.54. The van der Waals surface area contributed by atoms with Gasteiger partial charge in [0.05, 0.1) is 24.0 Å². The van der Waals surface area contributed by atoms with Crippen LogP contribution in [-0.2, 0) is 0 Å². The highest BCUT2D eigenvalue weighted by Gasteiger charge is 2.27. The summed E-state index contributed by atoms with van der Waals surface area (Å²) < 4.78 is 40.8. The van der Waals surface area contributed by atoms with Crippen LogP contribution in [0.1, 0.15) is 13.3 Å².